The van der Waals surface area contributed by atoms with Gasteiger partial charge in [0.2, 0.25) is 5.90 Å². The maximum atomic E-state index is 7.02. The van der Waals surface area contributed by atoms with Crippen LogP contribution in [-0.2, 0) is 15.8 Å². The van der Waals surface area contributed by atoms with Crippen molar-refractivity contribution in [2.24, 2.45) is 4.99 Å². The van der Waals surface area contributed by atoms with Crippen molar-refractivity contribution in [2.75, 3.05) is 0 Å². The van der Waals surface area contributed by atoms with Crippen molar-refractivity contribution in [3.8, 4) is 16.9 Å². The molecule has 0 saturated heterocycles. The number of fused-ring (bicyclic) bond motifs is 6. The Morgan fingerprint density at radius 2 is 1.55 bits per heavy atom. The molecular weight excluding hydrogens is 574 g/mol. The van der Waals surface area contributed by atoms with Crippen molar-refractivity contribution in [1.82, 2.24) is 9.55 Å². The Morgan fingerprint density at radius 1 is 0.787 bits per heavy atom. The van der Waals surface area contributed by atoms with Gasteiger partial charge in [-0.2, -0.15) is 0 Å². The van der Waals surface area contributed by atoms with Gasteiger partial charge in [0.05, 0.1) is 16.7 Å². The molecule has 3 heterocycles. The van der Waals surface area contributed by atoms with Crippen molar-refractivity contribution in [3.05, 3.63) is 137 Å². The molecule has 234 valence electrons. The average Bonchev–Trinajstić information content (AvgIpc) is 3.48. The molecule has 1 aliphatic carbocycles. The lowest BCUT2D eigenvalue weighted by atomic mass is 9.76. The van der Waals surface area contributed by atoms with Crippen LogP contribution in [0.4, 0.5) is 0 Å². The lowest BCUT2D eigenvalue weighted by Gasteiger charge is -2.37. The van der Waals surface area contributed by atoms with Gasteiger partial charge < -0.3 is 9.30 Å². The number of pyridine rings is 1. The molecule has 0 radical (unpaired) electrons. The highest BCUT2D eigenvalue weighted by Gasteiger charge is 2.54. The lowest BCUT2D eigenvalue weighted by Crippen LogP contribution is -2.43. The summed E-state index contributed by atoms with van der Waals surface area (Å²) in [7, 11) is 0. The van der Waals surface area contributed by atoms with Crippen LogP contribution in [0, 0.1) is 13.8 Å². The maximum Gasteiger partial charge on any atom is 0.218 e. The quantitative estimate of drug-likeness (QED) is 0.199. The number of rotatable bonds is 3. The summed E-state index contributed by atoms with van der Waals surface area (Å²) in [6, 6.07) is 32.9. The van der Waals surface area contributed by atoms with Gasteiger partial charge in [-0.05, 0) is 92.1 Å². The molecule has 0 fully saturated rings. The van der Waals surface area contributed by atoms with Crippen LogP contribution in [0.1, 0.15) is 74.4 Å². The van der Waals surface area contributed by atoms with Gasteiger partial charge in [0.1, 0.15) is 5.54 Å². The van der Waals surface area contributed by atoms with E-state index in [1.54, 1.807) is 0 Å². The molecule has 4 aromatic carbocycles. The zero-order chi connectivity index (χ0) is 32.7. The average molecular weight is 616 g/mol. The molecule has 2 aliphatic rings. The fourth-order valence-electron chi connectivity index (χ4n) is 7.61. The summed E-state index contributed by atoms with van der Waals surface area (Å²) in [5.74, 6) is 0.712. The second kappa shape index (κ2) is 10.3. The van der Waals surface area contributed by atoms with Crippen molar-refractivity contribution in [2.45, 2.75) is 71.4 Å². The Bertz CT molecular complexity index is 2300. The number of nitrogens with zero attached hydrogens (tertiary/aromatic N) is 3. The molecule has 0 bridgehead atoms. The van der Waals surface area contributed by atoms with Crippen molar-refractivity contribution < 1.29 is 4.74 Å². The van der Waals surface area contributed by atoms with E-state index in [0.29, 0.717) is 5.90 Å². The predicted octanol–water partition coefficient (Wildman–Crippen LogP) is 10.6. The van der Waals surface area contributed by atoms with Crippen LogP contribution < -0.4 is 0 Å². The molecular formula is C43H41N3O. The van der Waals surface area contributed by atoms with E-state index < -0.39 is 11.1 Å². The molecule has 0 spiro atoms. The Kier molecular flexibility index (Phi) is 6.43. The molecule has 8 rings (SSSR count). The standard InChI is InChI=1S/C43H41N3O/c1-27-23-28(2)38(26-34(27)40-45-42(6)21-12-14-29-13-8-10-16-35(29)43(42,7)47-40)46-37-17-11-9-15-32(37)33-19-18-30(24-39(33)46)36-25-31(20-22-44-36)41(3,4)5/h8-20,22-26H,21H2,1-7H3/t42-,43+/m1/s1. The van der Waals surface area contributed by atoms with E-state index >= 15 is 0 Å². The number of aromatic nitrogens is 2. The largest absolute Gasteiger partial charge is 0.464 e. The van der Waals surface area contributed by atoms with Crippen molar-refractivity contribution in [3.63, 3.8) is 0 Å². The molecule has 47 heavy (non-hydrogen) atoms. The molecule has 2 atom stereocenters. The van der Waals surface area contributed by atoms with E-state index in [2.05, 4.69) is 156 Å². The molecule has 0 saturated carbocycles. The second-order valence-electron chi connectivity index (χ2n) is 14.7. The lowest BCUT2D eigenvalue weighted by molar-refractivity contribution is 0.0322. The fraction of sp³-hybridized carbons (Fsp3) is 0.256. The van der Waals surface area contributed by atoms with Crippen molar-refractivity contribution in [1.29, 1.82) is 0 Å². The first-order chi connectivity index (χ1) is 22.5. The van der Waals surface area contributed by atoms with Crippen LogP contribution in [0.3, 0.4) is 0 Å². The zero-order valence-corrected chi connectivity index (χ0v) is 28.3. The summed E-state index contributed by atoms with van der Waals surface area (Å²) >= 11 is 0. The second-order valence-corrected chi connectivity index (χ2v) is 14.7. The van der Waals surface area contributed by atoms with Gasteiger partial charge >= 0.3 is 0 Å². The number of aryl methyl sites for hydroxylation is 2. The smallest absolute Gasteiger partial charge is 0.218 e. The minimum atomic E-state index is -0.587. The summed E-state index contributed by atoms with van der Waals surface area (Å²) in [6.07, 6.45) is 7.20. The van der Waals surface area contributed by atoms with Gasteiger partial charge in [0.25, 0.3) is 0 Å². The number of aliphatic imine (C=N–C) groups is 1. The van der Waals surface area contributed by atoms with Crippen LogP contribution in [0.25, 0.3) is 44.8 Å². The number of hydrogen-bond donors (Lipinski definition) is 0. The van der Waals surface area contributed by atoms with Crippen LogP contribution >= 0.6 is 0 Å². The molecule has 2 aromatic heterocycles. The van der Waals surface area contributed by atoms with Gasteiger partial charge in [-0.25, -0.2) is 4.99 Å². The highest BCUT2D eigenvalue weighted by Crippen LogP contribution is 2.50. The fourth-order valence-corrected chi connectivity index (χ4v) is 7.61. The topological polar surface area (TPSA) is 39.4 Å². The first-order valence-electron chi connectivity index (χ1n) is 16.6. The first kappa shape index (κ1) is 29.4. The minimum absolute atomic E-state index is 0.0419. The Hall–Kier alpha value is -4.96. The number of para-hydroxylation sites is 1. The Morgan fingerprint density at radius 3 is 2.38 bits per heavy atom. The molecule has 0 N–H and O–H groups in total. The van der Waals surface area contributed by atoms with Gasteiger partial charge in [-0.1, -0.05) is 93.6 Å². The third-order valence-electron chi connectivity index (χ3n) is 10.6. The van der Waals surface area contributed by atoms with Crippen LogP contribution in [-0.4, -0.2) is 21.0 Å². The van der Waals surface area contributed by atoms with E-state index in [9.17, 15) is 0 Å². The monoisotopic (exact) mass is 615 g/mol. The maximum absolute atomic E-state index is 7.02. The van der Waals surface area contributed by atoms with Crippen LogP contribution in [0.2, 0.25) is 0 Å². The Labute approximate surface area is 277 Å². The molecule has 6 aromatic rings. The van der Waals surface area contributed by atoms with E-state index in [1.807, 2.05) is 6.20 Å². The molecule has 0 unspecified atom stereocenters. The molecule has 4 heteroatoms. The van der Waals surface area contributed by atoms with Gasteiger partial charge in [-0.3, -0.25) is 4.98 Å². The summed E-state index contributed by atoms with van der Waals surface area (Å²) in [4.78, 5) is 10.2. The van der Waals surface area contributed by atoms with Gasteiger partial charge in [0, 0.05) is 39.3 Å². The first-order valence-corrected chi connectivity index (χ1v) is 16.6. The summed E-state index contributed by atoms with van der Waals surface area (Å²) in [5.41, 5.74) is 11.6. The highest BCUT2D eigenvalue weighted by molar-refractivity contribution is 6.10. The van der Waals surface area contributed by atoms with E-state index in [0.717, 1.165) is 40.0 Å². The summed E-state index contributed by atoms with van der Waals surface area (Å²) in [6.45, 7) is 15.5. The third kappa shape index (κ3) is 4.49. The van der Waals surface area contributed by atoms with E-state index in [1.165, 1.54) is 38.5 Å². The zero-order valence-electron chi connectivity index (χ0n) is 28.3. The Balaban J connectivity index is 1.31. The number of benzene rings is 4. The molecule has 4 nitrogen and oxygen atoms in total. The number of ether oxygens (including phenoxy) is 1. The number of hydrogen-bond acceptors (Lipinski definition) is 3. The van der Waals surface area contributed by atoms with E-state index in [4.69, 9.17) is 14.7 Å². The van der Waals surface area contributed by atoms with Crippen molar-refractivity contribution >= 4 is 33.8 Å². The minimum Gasteiger partial charge on any atom is -0.464 e. The summed E-state index contributed by atoms with van der Waals surface area (Å²) in [5, 5.41) is 2.45. The SMILES string of the molecule is Cc1cc(C)c(-n2c3ccccc3c3ccc(-c4cc(C(C)(C)C)ccn4)cc32)cc1C1=N[C@]2(C)CC=Cc3ccccc3[C@]2(C)O1. The summed E-state index contributed by atoms with van der Waals surface area (Å²) < 4.78 is 9.44. The normalized spacial score (nSPS) is 20.5. The van der Waals surface area contributed by atoms with Gasteiger partial charge in [-0.15, -0.1) is 0 Å². The molecule has 1 aliphatic heterocycles. The van der Waals surface area contributed by atoms with Crippen LogP contribution in [0.5, 0.6) is 0 Å². The van der Waals surface area contributed by atoms with Crippen LogP contribution in [0.15, 0.2) is 108 Å². The van der Waals surface area contributed by atoms with Gasteiger partial charge in [0.15, 0.2) is 5.60 Å². The third-order valence-corrected chi connectivity index (χ3v) is 10.6. The molecule has 0 amide bonds. The highest BCUT2D eigenvalue weighted by atomic mass is 16.5. The predicted molar refractivity (Wildman–Crippen MR) is 196 cm³/mol. The van der Waals surface area contributed by atoms with E-state index in [-0.39, 0.29) is 5.41 Å².